The van der Waals surface area contributed by atoms with Crippen LogP contribution in [-0.4, -0.2) is 29.5 Å². The molecule has 0 spiro atoms. The lowest BCUT2D eigenvalue weighted by Gasteiger charge is -2.23. The van der Waals surface area contributed by atoms with E-state index in [1.165, 1.54) is 12.1 Å². The van der Waals surface area contributed by atoms with Crippen LogP contribution in [0.15, 0.2) is 24.8 Å². The van der Waals surface area contributed by atoms with Crippen LogP contribution < -0.4 is 4.74 Å². The van der Waals surface area contributed by atoms with Crippen LogP contribution in [0.5, 0.6) is 5.75 Å². The summed E-state index contributed by atoms with van der Waals surface area (Å²) in [6, 6.07) is 2.74. The molecule has 1 aliphatic heterocycles. The van der Waals surface area contributed by atoms with Gasteiger partial charge in [0.1, 0.15) is 5.75 Å². The number of benzene rings is 2. The molecule has 1 heterocycles. The Balaban J connectivity index is 2.61. The molecule has 0 N–H and O–H groups in total. The summed E-state index contributed by atoms with van der Waals surface area (Å²) in [6.45, 7) is 8.18. The van der Waals surface area contributed by atoms with Crippen LogP contribution in [0, 0.1) is 6.92 Å². The molecule has 2 aromatic carbocycles. The zero-order valence-electron chi connectivity index (χ0n) is 16.2. The lowest BCUT2D eigenvalue weighted by atomic mass is 9.82. The van der Waals surface area contributed by atoms with Crippen LogP contribution in [0.4, 0.5) is 0 Å². The number of carbonyl (C=O) groups excluding carboxylic acids is 5. The van der Waals surface area contributed by atoms with Crippen LogP contribution in [0.3, 0.4) is 0 Å². The van der Waals surface area contributed by atoms with Crippen LogP contribution in [-0.2, 0) is 9.53 Å². The fourth-order valence-corrected chi connectivity index (χ4v) is 3.56. The Morgan fingerprint density at radius 3 is 2.21 bits per heavy atom. The third kappa shape index (κ3) is 3.04. The lowest BCUT2D eigenvalue weighted by molar-refractivity contribution is -0.128. The standard InChI is InChI=1S/C22H18O7/c1-5-12(23)16-10(4)17-14(28-15(25)7-3)9-8-11-18(17)20(19(16)13(24)6-2)22(27)29-21(11)26/h7-9H,3,5-6H2,1-2,4H3. The summed E-state index contributed by atoms with van der Waals surface area (Å²) in [7, 11) is 0. The molecule has 0 amide bonds. The van der Waals surface area contributed by atoms with Gasteiger partial charge in [0.2, 0.25) is 0 Å². The number of rotatable bonds is 6. The number of esters is 3. The molecule has 0 bridgehead atoms. The van der Waals surface area contributed by atoms with E-state index < -0.39 is 23.7 Å². The highest BCUT2D eigenvalue weighted by Gasteiger charge is 2.37. The molecular formula is C22H18O7. The fourth-order valence-electron chi connectivity index (χ4n) is 3.56. The van der Waals surface area contributed by atoms with Gasteiger partial charge in [-0.3, -0.25) is 9.59 Å². The predicted molar refractivity (Wildman–Crippen MR) is 104 cm³/mol. The predicted octanol–water partition coefficient (Wildman–Crippen LogP) is 3.74. The maximum atomic E-state index is 12.8. The molecule has 29 heavy (non-hydrogen) atoms. The van der Waals surface area contributed by atoms with Gasteiger partial charge in [-0.1, -0.05) is 20.4 Å². The fraction of sp³-hybridized carbons (Fsp3) is 0.227. The summed E-state index contributed by atoms with van der Waals surface area (Å²) < 4.78 is 10.1. The van der Waals surface area contributed by atoms with E-state index in [0.29, 0.717) is 5.56 Å². The Hall–Kier alpha value is -3.61. The molecule has 0 unspecified atom stereocenters. The summed E-state index contributed by atoms with van der Waals surface area (Å²) in [5, 5.41) is 0.379. The first kappa shape index (κ1) is 20.1. The quantitative estimate of drug-likeness (QED) is 0.242. The minimum atomic E-state index is -1.01. The van der Waals surface area contributed by atoms with E-state index in [1.807, 2.05) is 0 Å². The van der Waals surface area contributed by atoms with Crippen molar-refractivity contribution in [1.82, 2.24) is 0 Å². The van der Waals surface area contributed by atoms with E-state index in [2.05, 4.69) is 6.58 Å². The molecule has 2 aromatic rings. The normalized spacial score (nSPS) is 12.5. The average molecular weight is 394 g/mol. The minimum Gasteiger partial charge on any atom is -0.423 e. The monoisotopic (exact) mass is 394 g/mol. The average Bonchev–Trinajstić information content (AvgIpc) is 2.71. The molecule has 0 aliphatic carbocycles. The minimum absolute atomic E-state index is 0.0453. The second-order valence-electron chi connectivity index (χ2n) is 6.47. The molecule has 1 aliphatic rings. The van der Waals surface area contributed by atoms with Gasteiger partial charge in [0, 0.05) is 40.8 Å². The molecule has 3 rings (SSSR count). The van der Waals surface area contributed by atoms with Gasteiger partial charge in [-0.05, 0) is 24.6 Å². The topological polar surface area (TPSA) is 104 Å². The van der Waals surface area contributed by atoms with Crippen LogP contribution in [0.25, 0.3) is 10.8 Å². The highest BCUT2D eigenvalue weighted by Crippen LogP contribution is 2.41. The Morgan fingerprint density at radius 2 is 1.62 bits per heavy atom. The summed E-state index contributed by atoms with van der Waals surface area (Å²) in [5.41, 5.74) is 0.261. The number of Topliss-reactive ketones (excluding diaryl/α,β-unsaturated/α-hetero) is 2. The zero-order valence-corrected chi connectivity index (χ0v) is 16.2. The molecule has 0 saturated carbocycles. The lowest BCUT2D eigenvalue weighted by Crippen LogP contribution is -2.25. The van der Waals surface area contributed by atoms with E-state index in [4.69, 9.17) is 9.47 Å². The van der Waals surface area contributed by atoms with E-state index in [-0.39, 0.29) is 57.4 Å². The molecule has 0 radical (unpaired) electrons. The van der Waals surface area contributed by atoms with Crippen molar-refractivity contribution in [3.05, 3.63) is 52.6 Å². The SMILES string of the molecule is C=CC(=O)Oc1ccc2c3c(c(C(=O)CC)c(C(=O)CC)c(C)c13)C(=O)OC2=O. The van der Waals surface area contributed by atoms with Crippen molar-refractivity contribution in [2.24, 2.45) is 0 Å². The third-order valence-electron chi connectivity index (χ3n) is 4.85. The van der Waals surface area contributed by atoms with Crippen molar-refractivity contribution >= 4 is 40.2 Å². The van der Waals surface area contributed by atoms with Crippen LogP contribution in [0.2, 0.25) is 0 Å². The largest absolute Gasteiger partial charge is 0.423 e. The van der Waals surface area contributed by atoms with Crippen LogP contribution in [0.1, 0.15) is 73.7 Å². The number of cyclic esters (lactones) is 2. The van der Waals surface area contributed by atoms with Gasteiger partial charge in [0.25, 0.3) is 0 Å². The molecular weight excluding hydrogens is 376 g/mol. The van der Waals surface area contributed by atoms with E-state index in [0.717, 1.165) is 6.08 Å². The van der Waals surface area contributed by atoms with E-state index in [9.17, 15) is 24.0 Å². The van der Waals surface area contributed by atoms with Crippen molar-refractivity contribution < 1.29 is 33.4 Å². The number of carbonyl (C=O) groups is 5. The smallest absolute Gasteiger partial charge is 0.347 e. The van der Waals surface area contributed by atoms with Gasteiger partial charge in [-0.2, -0.15) is 0 Å². The van der Waals surface area contributed by atoms with Crippen LogP contribution >= 0.6 is 0 Å². The van der Waals surface area contributed by atoms with Gasteiger partial charge in [-0.15, -0.1) is 0 Å². The zero-order chi connectivity index (χ0) is 21.5. The van der Waals surface area contributed by atoms with Gasteiger partial charge >= 0.3 is 17.9 Å². The summed E-state index contributed by atoms with van der Waals surface area (Å²) in [4.78, 5) is 62.3. The third-order valence-corrected chi connectivity index (χ3v) is 4.85. The van der Waals surface area contributed by atoms with E-state index >= 15 is 0 Å². The molecule has 0 fully saturated rings. The van der Waals surface area contributed by atoms with E-state index in [1.54, 1.807) is 20.8 Å². The number of hydrogen-bond acceptors (Lipinski definition) is 7. The number of hydrogen-bond donors (Lipinski definition) is 0. The molecule has 0 aromatic heterocycles. The molecule has 7 heteroatoms. The van der Waals surface area contributed by atoms with Crippen molar-refractivity contribution in [3.8, 4) is 5.75 Å². The number of aryl methyl sites for hydroxylation is 1. The second kappa shape index (κ2) is 7.43. The summed E-state index contributed by atoms with van der Waals surface area (Å²) in [5.74, 6) is -3.36. The highest BCUT2D eigenvalue weighted by atomic mass is 16.6. The molecule has 0 saturated heterocycles. The van der Waals surface area contributed by atoms with Crippen molar-refractivity contribution in [3.63, 3.8) is 0 Å². The first-order valence-corrected chi connectivity index (χ1v) is 9.07. The molecule has 0 atom stereocenters. The maximum Gasteiger partial charge on any atom is 0.347 e. The van der Waals surface area contributed by atoms with Gasteiger partial charge in [0.05, 0.1) is 11.1 Å². The molecule has 7 nitrogen and oxygen atoms in total. The molecule has 148 valence electrons. The van der Waals surface area contributed by atoms with Gasteiger partial charge in [0.15, 0.2) is 11.6 Å². The van der Waals surface area contributed by atoms with Crippen molar-refractivity contribution in [1.29, 1.82) is 0 Å². The first-order chi connectivity index (χ1) is 13.8. The highest BCUT2D eigenvalue weighted by molar-refractivity contribution is 6.29. The summed E-state index contributed by atoms with van der Waals surface area (Å²) in [6.07, 6.45) is 1.10. The number of ether oxygens (including phenoxy) is 2. The Labute approximate surface area is 166 Å². The Kier molecular flexibility index (Phi) is 5.16. The van der Waals surface area contributed by atoms with Crippen molar-refractivity contribution in [2.75, 3.05) is 0 Å². The van der Waals surface area contributed by atoms with Gasteiger partial charge in [-0.25, -0.2) is 14.4 Å². The Bertz CT molecular complexity index is 1140. The maximum absolute atomic E-state index is 12.8. The first-order valence-electron chi connectivity index (χ1n) is 9.07. The summed E-state index contributed by atoms with van der Waals surface area (Å²) >= 11 is 0. The second-order valence-corrected chi connectivity index (χ2v) is 6.47. The number of ketones is 2. The Morgan fingerprint density at radius 1 is 1.00 bits per heavy atom. The van der Waals surface area contributed by atoms with Crippen molar-refractivity contribution in [2.45, 2.75) is 33.6 Å². The van der Waals surface area contributed by atoms with Gasteiger partial charge < -0.3 is 9.47 Å².